The number of halogens is 3. The highest BCUT2D eigenvalue weighted by atomic mass is 19.4. The van der Waals surface area contributed by atoms with Crippen molar-refractivity contribution in [2.75, 3.05) is 24.5 Å². The molecule has 1 aliphatic heterocycles. The maximum atomic E-state index is 12.3. The summed E-state index contributed by atoms with van der Waals surface area (Å²) in [6, 6.07) is 2.64. The largest absolute Gasteiger partial charge is 0.435 e. The average molecular weight is 246 g/mol. The van der Waals surface area contributed by atoms with Crippen molar-refractivity contribution in [1.29, 1.82) is 0 Å². The average Bonchev–Trinajstić information content (AvgIpc) is 2.28. The predicted molar refractivity (Wildman–Crippen MR) is 56.7 cm³/mol. The maximum absolute atomic E-state index is 12.3. The van der Waals surface area contributed by atoms with E-state index in [0.717, 1.165) is 25.7 Å². The molecule has 94 valence electrons. The van der Waals surface area contributed by atoms with Crippen LogP contribution in [0.5, 0.6) is 0 Å². The van der Waals surface area contributed by atoms with E-state index in [1.807, 2.05) is 11.8 Å². The molecule has 1 fully saturated rings. The van der Waals surface area contributed by atoms with Crippen LogP contribution in [-0.2, 0) is 6.18 Å². The number of nitrogens with one attached hydrogen (secondary N) is 1. The summed E-state index contributed by atoms with van der Waals surface area (Å²) < 4.78 is 36.9. The molecule has 0 amide bonds. The van der Waals surface area contributed by atoms with Crippen molar-refractivity contribution in [1.82, 2.24) is 15.5 Å². The molecule has 1 aromatic heterocycles. The molecule has 1 N–H and O–H groups in total. The molecule has 7 heteroatoms. The van der Waals surface area contributed by atoms with Crippen molar-refractivity contribution in [3.8, 4) is 0 Å². The summed E-state index contributed by atoms with van der Waals surface area (Å²) in [5.74, 6) is 0.492. The number of anilines is 1. The standard InChI is InChI=1S/C10H13F3N4/c1-7-6-17(5-4-14-7)9-3-2-8(15-16-9)10(11,12)13/h2-3,7,14H,4-6H2,1H3/t7-/m0/s1. The zero-order chi connectivity index (χ0) is 12.5. The van der Waals surface area contributed by atoms with Crippen molar-refractivity contribution in [3.05, 3.63) is 17.8 Å². The van der Waals surface area contributed by atoms with Gasteiger partial charge in [-0.15, -0.1) is 10.2 Å². The van der Waals surface area contributed by atoms with Crippen molar-refractivity contribution in [2.24, 2.45) is 0 Å². The first-order valence-electron chi connectivity index (χ1n) is 5.36. The van der Waals surface area contributed by atoms with Crippen molar-refractivity contribution in [2.45, 2.75) is 19.1 Å². The van der Waals surface area contributed by atoms with Crippen molar-refractivity contribution < 1.29 is 13.2 Å². The topological polar surface area (TPSA) is 41.1 Å². The van der Waals surface area contributed by atoms with Gasteiger partial charge in [-0.1, -0.05) is 0 Å². The highest BCUT2D eigenvalue weighted by Crippen LogP contribution is 2.27. The van der Waals surface area contributed by atoms with Gasteiger partial charge < -0.3 is 10.2 Å². The van der Waals surface area contributed by atoms with Crippen molar-refractivity contribution >= 4 is 5.82 Å². The lowest BCUT2D eigenvalue weighted by Crippen LogP contribution is -2.49. The van der Waals surface area contributed by atoms with E-state index in [9.17, 15) is 13.2 Å². The van der Waals surface area contributed by atoms with Crippen molar-refractivity contribution in [3.63, 3.8) is 0 Å². The van der Waals surface area contributed by atoms with E-state index in [1.165, 1.54) is 6.07 Å². The quantitative estimate of drug-likeness (QED) is 0.810. The summed E-state index contributed by atoms with van der Waals surface area (Å²) in [5, 5.41) is 10.1. The summed E-state index contributed by atoms with van der Waals surface area (Å²) >= 11 is 0. The molecular formula is C10H13F3N4. The van der Waals surface area contributed by atoms with Gasteiger partial charge in [0.2, 0.25) is 0 Å². The Morgan fingerprint density at radius 1 is 1.35 bits per heavy atom. The molecule has 0 aromatic carbocycles. The Morgan fingerprint density at radius 2 is 2.12 bits per heavy atom. The third-order valence-electron chi connectivity index (χ3n) is 2.63. The fourth-order valence-corrected chi connectivity index (χ4v) is 1.79. The number of nitrogens with zero attached hydrogens (tertiary/aromatic N) is 3. The lowest BCUT2D eigenvalue weighted by molar-refractivity contribution is -0.141. The molecule has 1 aromatic rings. The van der Waals surface area contributed by atoms with E-state index in [-0.39, 0.29) is 0 Å². The minimum atomic E-state index is -4.43. The van der Waals surface area contributed by atoms with Gasteiger partial charge >= 0.3 is 6.18 Å². The van der Waals surface area contributed by atoms with E-state index in [2.05, 4.69) is 15.5 Å². The van der Waals surface area contributed by atoms with Crippen LogP contribution in [0.2, 0.25) is 0 Å². The first-order chi connectivity index (χ1) is 7.97. The summed E-state index contributed by atoms with van der Waals surface area (Å²) in [6.45, 7) is 4.26. The number of alkyl halides is 3. The van der Waals surface area contributed by atoms with Crippen LogP contribution in [0.1, 0.15) is 12.6 Å². The van der Waals surface area contributed by atoms with E-state index in [4.69, 9.17) is 0 Å². The Labute approximate surface area is 96.8 Å². The molecule has 0 radical (unpaired) electrons. The number of hydrogen-bond acceptors (Lipinski definition) is 4. The first kappa shape index (κ1) is 12.1. The number of rotatable bonds is 1. The molecule has 1 saturated heterocycles. The lowest BCUT2D eigenvalue weighted by atomic mass is 10.2. The second-order valence-corrected chi connectivity index (χ2v) is 4.08. The fourth-order valence-electron chi connectivity index (χ4n) is 1.79. The minimum absolute atomic E-state index is 0.299. The molecule has 2 heterocycles. The minimum Gasteiger partial charge on any atom is -0.352 e. The normalized spacial score (nSPS) is 21.6. The van der Waals surface area contributed by atoms with Gasteiger partial charge in [-0.2, -0.15) is 13.2 Å². The van der Waals surface area contributed by atoms with Gasteiger partial charge in [0.15, 0.2) is 11.5 Å². The number of piperazine rings is 1. The molecule has 0 unspecified atom stereocenters. The highest BCUT2D eigenvalue weighted by molar-refractivity contribution is 5.38. The molecule has 0 bridgehead atoms. The zero-order valence-electron chi connectivity index (χ0n) is 9.33. The molecule has 0 saturated carbocycles. The van der Waals surface area contributed by atoms with Crippen LogP contribution >= 0.6 is 0 Å². The fraction of sp³-hybridized carbons (Fsp3) is 0.600. The Kier molecular flexibility index (Phi) is 3.19. The monoisotopic (exact) mass is 246 g/mol. The Bertz CT molecular complexity index is 376. The second kappa shape index (κ2) is 4.48. The van der Waals surface area contributed by atoms with Crippen LogP contribution in [-0.4, -0.2) is 35.9 Å². The van der Waals surface area contributed by atoms with Crippen LogP contribution in [0, 0.1) is 0 Å². The van der Waals surface area contributed by atoms with Crippen LogP contribution in [0.4, 0.5) is 19.0 Å². The first-order valence-corrected chi connectivity index (χ1v) is 5.36. The van der Waals surface area contributed by atoms with E-state index >= 15 is 0 Å². The van der Waals surface area contributed by atoms with E-state index in [0.29, 0.717) is 11.9 Å². The predicted octanol–water partition coefficient (Wildman–Crippen LogP) is 1.29. The molecule has 0 aliphatic carbocycles. The molecule has 1 atom stereocenters. The van der Waals surface area contributed by atoms with Gasteiger partial charge in [-0.05, 0) is 19.1 Å². The summed E-state index contributed by atoms with van der Waals surface area (Å²) in [6.07, 6.45) is -4.43. The number of aromatic nitrogens is 2. The molecule has 4 nitrogen and oxygen atoms in total. The smallest absolute Gasteiger partial charge is 0.352 e. The van der Waals surface area contributed by atoms with Gasteiger partial charge in [0.05, 0.1) is 0 Å². The maximum Gasteiger partial charge on any atom is 0.435 e. The van der Waals surface area contributed by atoms with Crippen LogP contribution in [0.25, 0.3) is 0 Å². The summed E-state index contributed by atoms with van der Waals surface area (Å²) in [7, 11) is 0. The second-order valence-electron chi connectivity index (χ2n) is 4.08. The molecule has 1 aliphatic rings. The molecule has 0 spiro atoms. The number of hydrogen-bond donors (Lipinski definition) is 1. The molecule has 17 heavy (non-hydrogen) atoms. The van der Waals surface area contributed by atoms with Gasteiger partial charge in [0.1, 0.15) is 0 Å². The van der Waals surface area contributed by atoms with Crippen LogP contribution < -0.4 is 10.2 Å². The third-order valence-corrected chi connectivity index (χ3v) is 2.63. The Balaban J connectivity index is 2.12. The van der Waals surface area contributed by atoms with E-state index in [1.54, 1.807) is 0 Å². The highest BCUT2D eigenvalue weighted by Gasteiger charge is 2.33. The Hall–Kier alpha value is -1.37. The summed E-state index contributed by atoms with van der Waals surface area (Å²) in [4.78, 5) is 1.92. The third kappa shape index (κ3) is 2.85. The Morgan fingerprint density at radius 3 is 2.65 bits per heavy atom. The van der Waals surface area contributed by atoms with E-state index < -0.39 is 11.9 Å². The SMILES string of the molecule is C[C@H]1CN(c2ccc(C(F)(F)F)nn2)CCN1. The van der Waals surface area contributed by atoms with Gasteiger partial charge in [0, 0.05) is 25.7 Å². The molecular weight excluding hydrogens is 233 g/mol. The molecule has 2 rings (SSSR count). The van der Waals surface area contributed by atoms with Gasteiger partial charge in [-0.3, -0.25) is 0 Å². The zero-order valence-corrected chi connectivity index (χ0v) is 9.33. The van der Waals surface area contributed by atoms with Gasteiger partial charge in [-0.25, -0.2) is 0 Å². The summed E-state index contributed by atoms with van der Waals surface area (Å²) in [5.41, 5.74) is -0.954. The van der Waals surface area contributed by atoms with Crippen LogP contribution in [0.3, 0.4) is 0 Å². The van der Waals surface area contributed by atoms with Crippen LogP contribution in [0.15, 0.2) is 12.1 Å². The lowest BCUT2D eigenvalue weighted by Gasteiger charge is -2.32. The van der Waals surface area contributed by atoms with Gasteiger partial charge in [0.25, 0.3) is 0 Å².